The van der Waals surface area contributed by atoms with Crippen LogP contribution in [0.4, 0.5) is 0 Å². The lowest BCUT2D eigenvalue weighted by Crippen LogP contribution is -2.35. The average Bonchev–Trinajstić information content (AvgIpc) is 3.47. The van der Waals surface area contributed by atoms with Crippen molar-refractivity contribution in [2.24, 2.45) is 13.0 Å². The number of aryl methyl sites for hydroxylation is 1. The molecule has 1 aliphatic heterocycles. The highest BCUT2D eigenvalue weighted by Crippen LogP contribution is 2.32. The van der Waals surface area contributed by atoms with Gasteiger partial charge < -0.3 is 14.1 Å². The van der Waals surface area contributed by atoms with Crippen LogP contribution in [0, 0.1) is 5.92 Å². The summed E-state index contributed by atoms with van der Waals surface area (Å²) in [6, 6.07) is 10.1. The molecule has 0 amide bonds. The molecule has 1 saturated heterocycles. The van der Waals surface area contributed by atoms with Gasteiger partial charge in [-0.05, 0) is 44.0 Å². The number of H-pyrrole nitrogens is 1. The van der Waals surface area contributed by atoms with E-state index in [0.29, 0.717) is 0 Å². The number of benzene rings is 1. The standard InChI is InChI=1S/C22H25N5O2/c1-26-11-8-23-22(26)21(28)15-6-9-27(10-7-15)14-17-13-24-25-20(17)19-12-16-4-2-3-5-18(16)29-19/h2-5,8,11-13,15,21,28H,6-7,9-10,14H2,1H3,(H,24,25)/t21-/m1/s1. The van der Waals surface area contributed by atoms with Crippen molar-refractivity contribution in [3.05, 3.63) is 60.3 Å². The quantitative estimate of drug-likeness (QED) is 0.544. The summed E-state index contributed by atoms with van der Waals surface area (Å²) < 4.78 is 7.92. The van der Waals surface area contributed by atoms with Crippen molar-refractivity contribution in [2.75, 3.05) is 13.1 Å². The van der Waals surface area contributed by atoms with E-state index in [1.165, 1.54) is 0 Å². The molecule has 2 N–H and O–H groups in total. The highest BCUT2D eigenvalue weighted by Gasteiger charge is 2.29. The third-order valence-electron chi connectivity index (χ3n) is 5.99. The Kier molecular flexibility index (Phi) is 4.69. The third kappa shape index (κ3) is 3.47. The lowest BCUT2D eigenvalue weighted by molar-refractivity contribution is 0.0492. The minimum absolute atomic E-state index is 0.242. The second-order valence-corrected chi connectivity index (χ2v) is 7.87. The number of hydrogen-bond acceptors (Lipinski definition) is 5. The first-order chi connectivity index (χ1) is 14.2. The van der Waals surface area contributed by atoms with Crippen molar-refractivity contribution in [3.63, 3.8) is 0 Å². The van der Waals surface area contributed by atoms with E-state index in [1.807, 2.05) is 42.2 Å². The number of nitrogens with zero attached hydrogens (tertiary/aromatic N) is 4. The molecule has 0 spiro atoms. The molecule has 3 aromatic heterocycles. The lowest BCUT2D eigenvalue weighted by Gasteiger charge is -2.33. The maximum Gasteiger partial charge on any atom is 0.153 e. The monoisotopic (exact) mass is 391 g/mol. The van der Waals surface area contributed by atoms with E-state index >= 15 is 0 Å². The molecule has 0 saturated carbocycles. The number of aliphatic hydroxyl groups is 1. The summed E-state index contributed by atoms with van der Waals surface area (Å²) in [5.41, 5.74) is 2.95. The Bertz CT molecular complexity index is 1070. The second kappa shape index (κ2) is 7.50. The Hall–Kier alpha value is -2.90. The first kappa shape index (κ1) is 18.1. The number of rotatable bonds is 5. The van der Waals surface area contributed by atoms with Crippen LogP contribution in [0.2, 0.25) is 0 Å². The number of imidazole rings is 1. The number of furan rings is 1. The van der Waals surface area contributed by atoms with Crippen LogP contribution < -0.4 is 0 Å². The second-order valence-electron chi connectivity index (χ2n) is 7.87. The van der Waals surface area contributed by atoms with Crippen molar-refractivity contribution >= 4 is 11.0 Å². The fourth-order valence-electron chi connectivity index (χ4n) is 4.29. The summed E-state index contributed by atoms with van der Waals surface area (Å²) >= 11 is 0. The van der Waals surface area contributed by atoms with Crippen molar-refractivity contribution in [2.45, 2.75) is 25.5 Å². The minimum Gasteiger partial charge on any atom is -0.454 e. The Labute approximate surface area is 169 Å². The van der Waals surface area contributed by atoms with Crippen LogP contribution in [0.1, 0.15) is 30.3 Å². The van der Waals surface area contributed by atoms with Crippen LogP contribution in [0.25, 0.3) is 22.4 Å². The summed E-state index contributed by atoms with van der Waals surface area (Å²) in [6.07, 6.45) is 6.91. The molecule has 0 aliphatic carbocycles. The first-order valence-electron chi connectivity index (χ1n) is 10.1. The van der Waals surface area contributed by atoms with E-state index in [-0.39, 0.29) is 5.92 Å². The zero-order valence-corrected chi connectivity index (χ0v) is 16.5. The molecule has 1 aromatic carbocycles. The Morgan fingerprint density at radius 1 is 1.28 bits per heavy atom. The summed E-state index contributed by atoms with van der Waals surface area (Å²) in [4.78, 5) is 6.73. The number of fused-ring (bicyclic) bond motifs is 1. The molecule has 0 radical (unpaired) electrons. The van der Waals surface area contributed by atoms with Crippen LogP contribution in [-0.2, 0) is 13.6 Å². The topological polar surface area (TPSA) is 83.1 Å². The van der Waals surface area contributed by atoms with Gasteiger partial charge in [0.2, 0.25) is 0 Å². The molecule has 7 nitrogen and oxygen atoms in total. The number of hydrogen-bond donors (Lipinski definition) is 2. The minimum atomic E-state index is -0.503. The molecule has 4 heterocycles. The van der Waals surface area contributed by atoms with Gasteiger partial charge in [0.05, 0.1) is 6.20 Å². The fourth-order valence-corrected chi connectivity index (χ4v) is 4.29. The van der Waals surface area contributed by atoms with Gasteiger partial charge in [-0.2, -0.15) is 5.10 Å². The maximum atomic E-state index is 10.7. The number of aromatic amines is 1. The average molecular weight is 391 g/mol. The summed E-state index contributed by atoms with van der Waals surface area (Å²) in [7, 11) is 1.93. The van der Waals surface area contributed by atoms with E-state index in [4.69, 9.17) is 4.42 Å². The number of aliphatic hydroxyl groups excluding tert-OH is 1. The summed E-state index contributed by atoms with van der Waals surface area (Å²) in [5.74, 6) is 1.82. The molecule has 1 aliphatic rings. The van der Waals surface area contributed by atoms with Gasteiger partial charge in [0.1, 0.15) is 23.2 Å². The Morgan fingerprint density at radius 2 is 2.10 bits per heavy atom. The van der Waals surface area contributed by atoms with Gasteiger partial charge in [-0.1, -0.05) is 18.2 Å². The molecular formula is C22H25N5O2. The number of likely N-dealkylation sites (tertiary alicyclic amines) is 1. The lowest BCUT2D eigenvalue weighted by atomic mass is 9.90. The van der Waals surface area contributed by atoms with Crippen molar-refractivity contribution in [1.82, 2.24) is 24.6 Å². The van der Waals surface area contributed by atoms with E-state index in [1.54, 1.807) is 6.20 Å². The summed E-state index contributed by atoms with van der Waals surface area (Å²) in [5, 5.41) is 19.1. The van der Waals surface area contributed by atoms with Crippen LogP contribution in [0.3, 0.4) is 0 Å². The zero-order valence-electron chi connectivity index (χ0n) is 16.5. The smallest absolute Gasteiger partial charge is 0.153 e. The number of nitrogens with one attached hydrogen (secondary N) is 1. The molecule has 150 valence electrons. The van der Waals surface area contributed by atoms with E-state index in [9.17, 15) is 5.11 Å². The van der Waals surface area contributed by atoms with Crippen molar-refractivity contribution in [3.8, 4) is 11.5 Å². The van der Waals surface area contributed by atoms with Gasteiger partial charge in [-0.3, -0.25) is 10.00 Å². The van der Waals surface area contributed by atoms with Gasteiger partial charge in [-0.25, -0.2) is 4.98 Å². The predicted molar refractivity (Wildman–Crippen MR) is 110 cm³/mol. The highest BCUT2D eigenvalue weighted by molar-refractivity contribution is 5.82. The highest BCUT2D eigenvalue weighted by atomic mass is 16.3. The molecular weight excluding hydrogens is 366 g/mol. The van der Waals surface area contributed by atoms with Gasteiger partial charge in [-0.15, -0.1) is 0 Å². The Morgan fingerprint density at radius 3 is 2.86 bits per heavy atom. The molecule has 1 atom stereocenters. The van der Waals surface area contributed by atoms with Crippen LogP contribution in [-0.4, -0.2) is 42.8 Å². The normalized spacial score (nSPS) is 17.2. The van der Waals surface area contributed by atoms with E-state index in [0.717, 1.165) is 66.3 Å². The molecule has 0 bridgehead atoms. The van der Waals surface area contributed by atoms with Gasteiger partial charge in [0, 0.05) is 36.9 Å². The van der Waals surface area contributed by atoms with Crippen LogP contribution in [0.15, 0.2) is 53.3 Å². The van der Waals surface area contributed by atoms with Crippen molar-refractivity contribution in [1.29, 1.82) is 0 Å². The van der Waals surface area contributed by atoms with Crippen LogP contribution in [0.5, 0.6) is 0 Å². The molecule has 7 heteroatoms. The predicted octanol–water partition coefficient (Wildman–Crippen LogP) is 3.50. The van der Waals surface area contributed by atoms with Crippen LogP contribution >= 0.6 is 0 Å². The first-order valence-corrected chi connectivity index (χ1v) is 10.1. The van der Waals surface area contributed by atoms with E-state index in [2.05, 4.69) is 32.2 Å². The molecule has 29 heavy (non-hydrogen) atoms. The molecule has 4 aromatic rings. The molecule has 1 fully saturated rings. The van der Waals surface area contributed by atoms with Gasteiger partial charge in [0.25, 0.3) is 0 Å². The van der Waals surface area contributed by atoms with Crippen molar-refractivity contribution < 1.29 is 9.52 Å². The Balaban J connectivity index is 1.26. The molecule has 5 rings (SSSR count). The number of aromatic nitrogens is 4. The zero-order chi connectivity index (χ0) is 19.8. The SMILES string of the molecule is Cn1ccnc1[C@H](O)C1CCN(Cc2cn[nH]c2-c2cc3ccccc3o2)CC1. The van der Waals surface area contributed by atoms with Gasteiger partial charge in [0.15, 0.2) is 5.76 Å². The largest absolute Gasteiger partial charge is 0.454 e. The van der Waals surface area contributed by atoms with Gasteiger partial charge >= 0.3 is 0 Å². The maximum absolute atomic E-state index is 10.7. The third-order valence-corrected chi connectivity index (χ3v) is 5.99. The molecule has 0 unspecified atom stereocenters. The summed E-state index contributed by atoms with van der Waals surface area (Å²) in [6.45, 7) is 2.70. The number of para-hydroxylation sites is 1. The fraction of sp³-hybridized carbons (Fsp3) is 0.364. The van der Waals surface area contributed by atoms with E-state index < -0.39 is 6.10 Å². The number of piperidine rings is 1.